The Kier molecular flexibility index (Phi) is 5.59. The summed E-state index contributed by atoms with van der Waals surface area (Å²) in [5.74, 6) is -0.103. The lowest BCUT2D eigenvalue weighted by atomic mass is 9.98. The molecule has 0 unspecified atom stereocenters. The van der Waals surface area contributed by atoms with Crippen molar-refractivity contribution < 1.29 is 9.59 Å². The average molecular weight is 399 g/mol. The minimum absolute atomic E-state index is 0.0252. The fraction of sp³-hybridized carbons (Fsp3) is 0.312. The van der Waals surface area contributed by atoms with Crippen LogP contribution in [0.2, 0.25) is 5.02 Å². The van der Waals surface area contributed by atoms with Gasteiger partial charge in [-0.3, -0.25) is 14.3 Å². The third-order valence-corrected chi connectivity index (χ3v) is 4.18. The normalized spacial score (nSPS) is 10.9. The van der Waals surface area contributed by atoms with Gasteiger partial charge in [-0.25, -0.2) is 0 Å². The topological polar surface area (TPSA) is 64.0 Å². The molecule has 0 aliphatic rings. The minimum Gasteiger partial charge on any atom is -0.310 e. The van der Waals surface area contributed by atoms with E-state index in [4.69, 9.17) is 11.6 Å². The van der Waals surface area contributed by atoms with Crippen LogP contribution in [-0.4, -0.2) is 26.8 Å². The fourth-order valence-electron chi connectivity index (χ4n) is 2.26. The Bertz CT molecular complexity index is 756. The lowest BCUT2D eigenvalue weighted by Gasteiger charge is -2.10. The predicted molar refractivity (Wildman–Crippen MR) is 94.6 cm³/mol. The van der Waals surface area contributed by atoms with Crippen LogP contribution in [0.4, 0.5) is 5.82 Å². The van der Waals surface area contributed by atoms with Gasteiger partial charge in [0.05, 0.1) is 21.6 Å². The molecule has 0 radical (unpaired) electrons. The van der Waals surface area contributed by atoms with Crippen molar-refractivity contribution in [2.24, 2.45) is 7.05 Å². The molecule has 122 valence electrons. The third kappa shape index (κ3) is 3.64. The van der Waals surface area contributed by atoms with Crippen molar-refractivity contribution in [1.82, 2.24) is 9.78 Å². The summed E-state index contributed by atoms with van der Waals surface area (Å²) < 4.78 is 1.51. The first-order valence-electron chi connectivity index (χ1n) is 7.08. The number of nitrogens with one attached hydrogen (secondary N) is 1. The number of hydrogen-bond donors (Lipinski definition) is 1. The zero-order valence-electron chi connectivity index (χ0n) is 13.1. The van der Waals surface area contributed by atoms with Crippen LogP contribution in [-0.2, 0) is 11.8 Å². The predicted octanol–water partition coefficient (Wildman–Crippen LogP) is 3.76. The van der Waals surface area contributed by atoms with E-state index in [9.17, 15) is 9.59 Å². The van der Waals surface area contributed by atoms with Gasteiger partial charge in [0.15, 0.2) is 5.78 Å². The molecular weight excluding hydrogens is 382 g/mol. The molecule has 0 saturated carbocycles. The quantitative estimate of drug-likeness (QED) is 0.616. The number of amides is 1. The second-order valence-corrected chi connectivity index (χ2v) is 6.35. The van der Waals surface area contributed by atoms with Crippen LogP contribution < -0.4 is 5.32 Å². The molecular formula is C16H17BrClN3O2. The van der Waals surface area contributed by atoms with E-state index in [0.29, 0.717) is 27.7 Å². The second kappa shape index (κ2) is 7.27. The van der Waals surface area contributed by atoms with Crippen LogP contribution in [0, 0.1) is 0 Å². The Morgan fingerprint density at radius 2 is 2.00 bits per heavy atom. The Morgan fingerprint density at radius 1 is 1.35 bits per heavy atom. The lowest BCUT2D eigenvalue weighted by Crippen LogP contribution is -2.18. The molecule has 0 aliphatic carbocycles. The van der Waals surface area contributed by atoms with Crippen LogP contribution in [0.25, 0.3) is 0 Å². The van der Waals surface area contributed by atoms with Crippen molar-refractivity contribution in [3.8, 4) is 0 Å². The van der Waals surface area contributed by atoms with Crippen LogP contribution in [0.15, 0.2) is 24.3 Å². The number of ketones is 1. The van der Waals surface area contributed by atoms with Gasteiger partial charge in [0.25, 0.3) is 0 Å². The maximum Gasteiger partial charge on any atom is 0.236 e. The molecule has 1 aromatic carbocycles. The van der Waals surface area contributed by atoms with Gasteiger partial charge in [0, 0.05) is 12.6 Å². The molecule has 23 heavy (non-hydrogen) atoms. The van der Waals surface area contributed by atoms with Crippen molar-refractivity contribution in [2.75, 3.05) is 10.6 Å². The molecule has 2 rings (SSSR count). The highest BCUT2D eigenvalue weighted by molar-refractivity contribution is 9.09. The Labute approximate surface area is 148 Å². The third-order valence-electron chi connectivity index (χ3n) is 3.35. The van der Waals surface area contributed by atoms with E-state index in [2.05, 4.69) is 26.3 Å². The van der Waals surface area contributed by atoms with Gasteiger partial charge in [-0.15, -0.1) is 0 Å². The maximum absolute atomic E-state index is 13.0. The monoisotopic (exact) mass is 397 g/mol. The van der Waals surface area contributed by atoms with E-state index in [1.807, 2.05) is 13.8 Å². The summed E-state index contributed by atoms with van der Waals surface area (Å²) in [6.07, 6.45) is 0. The molecule has 1 amide bonds. The fourth-order valence-corrected chi connectivity index (χ4v) is 2.62. The SMILES string of the molecule is CC(C)c1nn(C)c(NC(=O)CBr)c1C(=O)c1ccccc1Cl. The summed E-state index contributed by atoms with van der Waals surface area (Å²) in [6.45, 7) is 3.89. The Morgan fingerprint density at radius 3 is 2.57 bits per heavy atom. The molecule has 2 aromatic rings. The molecule has 0 spiro atoms. The van der Waals surface area contributed by atoms with Crippen molar-refractivity contribution in [3.63, 3.8) is 0 Å². The first kappa shape index (κ1) is 17.7. The summed E-state index contributed by atoms with van der Waals surface area (Å²) in [7, 11) is 1.69. The van der Waals surface area contributed by atoms with Crippen molar-refractivity contribution in [3.05, 3.63) is 46.1 Å². The van der Waals surface area contributed by atoms with E-state index in [0.717, 1.165) is 0 Å². The number of carbonyl (C=O) groups is 2. The molecule has 1 aromatic heterocycles. The molecule has 1 N–H and O–H groups in total. The smallest absolute Gasteiger partial charge is 0.236 e. The summed E-state index contributed by atoms with van der Waals surface area (Å²) in [6, 6.07) is 6.84. The van der Waals surface area contributed by atoms with Crippen LogP contribution in [0.1, 0.15) is 41.4 Å². The molecule has 0 aliphatic heterocycles. The minimum atomic E-state index is -0.253. The number of aromatic nitrogens is 2. The number of carbonyl (C=O) groups excluding carboxylic acids is 2. The molecule has 0 saturated heterocycles. The first-order valence-corrected chi connectivity index (χ1v) is 8.58. The number of halogens is 2. The largest absolute Gasteiger partial charge is 0.310 e. The van der Waals surface area contributed by atoms with E-state index >= 15 is 0 Å². The summed E-state index contributed by atoms with van der Waals surface area (Å²) in [5, 5.41) is 7.62. The number of aryl methyl sites for hydroxylation is 1. The lowest BCUT2D eigenvalue weighted by molar-refractivity contribution is -0.113. The van der Waals surface area contributed by atoms with Crippen LogP contribution in [0.3, 0.4) is 0 Å². The number of alkyl halides is 1. The van der Waals surface area contributed by atoms with Gasteiger partial charge in [0.1, 0.15) is 5.82 Å². The van der Waals surface area contributed by atoms with Gasteiger partial charge >= 0.3 is 0 Å². The standard InChI is InChI=1S/C16H17BrClN3O2/c1-9(2)14-13(15(23)10-6-4-5-7-11(10)18)16(21(3)20-14)19-12(22)8-17/h4-7,9H,8H2,1-3H3,(H,19,22). The van der Waals surface area contributed by atoms with E-state index < -0.39 is 0 Å². The summed E-state index contributed by atoms with van der Waals surface area (Å²) >= 11 is 9.25. The Balaban J connectivity index is 2.61. The summed E-state index contributed by atoms with van der Waals surface area (Å²) in [4.78, 5) is 24.7. The number of nitrogens with zero attached hydrogens (tertiary/aromatic N) is 2. The molecule has 7 heteroatoms. The molecule has 5 nitrogen and oxygen atoms in total. The highest BCUT2D eigenvalue weighted by Crippen LogP contribution is 2.30. The van der Waals surface area contributed by atoms with E-state index in [-0.39, 0.29) is 22.9 Å². The molecule has 0 fully saturated rings. The zero-order chi connectivity index (χ0) is 17.1. The van der Waals surface area contributed by atoms with Crippen molar-refractivity contribution in [2.45, 2.75) is 19.8 Å². The highest BCUT2D eigenvalue weighted by Gasteiger charge is 2.27. The number of benzene rings is 1. The summed E-state index contributed by atoms with van der Waals surface area (Å²) in [5.41, 5.74) is 1.39. The first-order chi connectivity index (χ1) is 10.9. The van der Waals surface area contributed by atoms with Crippen molar-refractivity contribution in [1.29, 1.82) is 0 Å². The van der Waals surface area contributed by atoms with Crippen LogP contribution >= 0.6 is 27.5 Å². The number of hydrogen-bond acceptors (Lipinski definition) is 3. The molecule has 0 bridgehead atoms. The van der Waals surface area contributed by atoms with E-state index in [1.165, 1.54) is 4.68 Å². The number of anilines is 1. The zero-order valence-corrected chi connectivity index (χ0v) is 15.4. The van der Waals surface area contributed by atoms with Crippen molar-refractivity contribution >= 4 is 45.0 Å². The number of rotatable bonds is 5. The van der Waals surface area contributed by atoms with Gasteiger partial charge < -0.3 is 5.32 Å². The van der Waals surface area contributed by atoms with Crippen LogP contribution in [0.5, 0.6) is 0 Å². The van der Waals surface area contributed by atoms with Gasteiger partial charge in [0.2, 0.25) is 5.91 Å². The average Bonchev–Trinajstić information content (AvgIpc) is 2.84. The molecule has 0 atom stereocenters. The van der Waals surface area contributed by atoms with Gasteiger partial charge in [-0.1, -0.05) is 53.5 Å². The maximum atomic E-state index is 13.0. The molecule has 1 heterocycles. The van der Waals surface area contributed by atoms with E-state index in [1.54, 1.807) is 31.3 Å². The highest BCUT2D eigenvalue weighted by atomic mass is 79.9. The Hall–Kier alpha value is -1.66. The van der Waals surface area contributed by atoms with Gasteiger partial charge in [-0.05, 0) is 18.1 Å². The second-order valence-electron chi connectivity index (χ2n) is 5.38. The van der Waals surface area contributed by atoms with Gasteiger partial charge in [-0.2, -0.15) is 5.10 Å².